The van der Waals surface area contributed by atoms with Gasteiger partial charge in [-0.05, 0) is 46.1 Å². The van der Waals surface area contributed by atoms with E-state index < -0.39 is 10.0 Å². The summed E-state index contributed by atoms with van der Waals surface area (Å²) in [4.78, 5) is 0.220. The maximum absolute atomic E-state index is 12.3. The van der Waals surface area contributed by atoms with Crippen LogP contribution in [0.4, 0.5) is 0 Å². The second kappa shape index (κ2) is 5.72. The van der Waals surface area contributed by atoms with Crippen LogP contribution >= 0.6 is 27.5 Å². The van der Waals surface area contributed by atoms with E-state index in [0.29, 0.717) is 9.50 Å². The molecular formula is C15H13BrClNO2S. The lowest BCUT2D eigenvalue weighted by atomic mass is 10.1. The monoisotopic (exact) mass is 385 g/mol. The first-order valence-electron chi connectivity index (χ1n) is 6.50. The Morgan fingerprint density at radius 3 is 2.52 bits per heavy atom. The molecular weight excluding hydrogens is 374 g/mol. The van der Waals surface area contributed by atoms with Crippen LogP contribution in [0, 0.1) is 0 Å². The van der Waals surface area contributed by atoms with Gasteiger partial charge < -0.3 is 0 Å². The second-order valence-corrected chi connectivity index (χ2v) is 8.03. The minimum absolute atomic E-state index is 0.0353. The molecule has 3 rings (SSSR count). The van der Waals surface area contributed by atoms with Gasteiger partial charge in [0.2, 0.25) is 10.0 Å². The van der Waals surface area contributed by atoms with E-state index in [9.17, 15) is 8.42 Å². The molecule has 1 N–H and O–H groups in total. The number of benzene rings is 2. The lowest BCUT2D eigenvalue weighted by molar-refractivity contribution is 0.580. The van der Waals surface area contributed by atoms with Crippen molar-refractivity contribution in [1.29, 1.82) is 0 Å². The molecule has 110 valence electrons. The van der Waals surface area contributed by atoms with Crippen molar-refractivity contribution in [3.8, 4) is 0 Å². The van der Waals surface area contributed by atoms with E-state index in [1.54, 1.807) is 6.07 Å². The molecule has 0 aromatic heterocycles. The number of hydrogen-bond acceptors (Lipinski definition) is 2. The highest BCUT2D eigenvalue weighted by Gasteiger charge is 2.41. The molecule has 0 amide bonds. The van der Waals surface area contributed by atoms with Gasteiger partial charge in [0.25, 0.3) is 0 Å². The summed E-state index contributed by atoms with van der Waals surface area (Å²) in [6.45, 7) is 0. The number of hydrogen-bond donors (Lipinski definition) is 1. The van der Waals surface area contributed by atoms with Gasteiger partial charge in [0.05, 0.1) is 9.92 Å². The molecule has 1 saturated carbocycles. The largest absolute Gasteiger partial charge is 0.240 e. The van der Waals surface area contributed by atoms with Crippen LogP contribution in [-0.4, -0.2) is 14.5 Å². The minimum atomic E-state index is -3.52. The van der Waals surface area contributed by atoms with Crippen molar-refractivity contribution in [2.45, 2.75) is 23.3 Å². The van der Waals surface area contributed by atoms with Gasteiger partial charge in [0, 0.05) is 16.4 Å². The van der Waals surface area contributed by atoms with Gasteiger partial charge in [0.15, 0.2) is 0 Å². The summed E-state index contributed by atoms with van der Waals surface area (Å²) >= 11 is 9.13. The number of nitrogens with one attached hydrogen (secondary N) is 1. The summed E-state index contributed by atoms with van der Waals surface area (Å²) in [6.07, 6.45) is 0.831. The summed E-state index contributed by atoms with van der Waals surface area (Å²) < 4.78 is 28.0. The van der Waals surface area contributed by atoms with Crippen molar-refractivity contribution in [1.82, 2.24) is 4.72 Å². The molecule has 2 atom stereocenters. The Balaban J connectivity index is 1.75. The van der Waals surface area contributed by atoms with E-state index in [-0.39, 0.29) is 16.9 Å². The Bertz CT molecular complexity index is 764. The minimum Gasteiger partial charge on any atom is -0.207 e. The maximum Gasteiger partial charge on any atom is 0.240 e. The Morgan fingerprint density at radius 1 is 1.14 bits per heavy atom. The number of halogens is 2. The van der Waals surface area contributed by atoms with E-state index in [4.69, 9.17) is 11.6 Å². The molecule has 0 spiro atoms. The SMILES string of the molecule is O=S(=O)(NC1CC1c1ccccc1)c1ccc(Cl)c(Br)c1. The molecule has 3 nitrogen and oxygen atoms in total. The quantitative estimate of drug-likeness (QED) is 0.865. The summed E-state index contributed by atoms with van der Waals surface area (Å²) in [5, 5.41) is 0.488. The lowest BCUT2D eigenvalue weighted by Crippen LogP contribution is -2.26. The zero-order chi connectivity index (χ0) is 15.0. The first kappa shape index (κ1) is 15.0. The molecule has 0 heterocycles. The topological polar surface area (TPSA) is 46.2 Å². The normalized spacial score (nSPS) is 21.2. The Labute approximate surface area is 137 Å². The molecule has 1 aliphatic rings. The first-order chi connectivity index (χ1) is 9.97. The Kier molecular flexibility index (Phi) is 4.10. The van der Waals surface area contributed by atoms with E-state index in [0.717, 1.165) is 6.42 Å². The fraction of sp³-hybridized carbons (Fsp3) is 0.200. The highest BCUT2D eigenvalue weighted by Crippen LogP contribution is 2.41. The molecule has 2 aromatic carbocycles. The average molecular weight is 387 g/mol. The predicted octanol–water partition coefficient (Wildman–Crippen LogP) is 3.94. The highest BCUT2D eigenvalue weighted by molar-refractivity contribution is 9.10. The summed E-state index contributed by atoms with van der Waals surface area (Å²) in [5.74, 6) is 0.261. The van der Waals surface area contributed by atoms with Crippen LogP contribution in [0.25, 0.3) is 0 Å². The summed E-state index contributed by atoms with van der Waals surface area (Å²) in [7, 11) is -3.52. The van der Waals surface area contributed by atoms with Crippen molar-refractivity contribution in [3.63, 3.8) is 0 Å². The van der Waals surface area contributed by atoms with Crippen LogP contribution in [-0.2, 0) is 10.0 Å². The second-order valence-electron chi connectivity index (χ2n) is 5.06. The molecule has 0 aliphatic heterocycles. The van der Waals surface area contributed by atoms with Gasteiger partial charge in [-0.15, -0.1) is 0 Å². The first-order valence-corrected chi connectivity index (χ1v) is 9.15. The van der Waals surface area contributed by atoms with Gasteiger partial charge in [0.1, 0.15) is 0 Å². The van der Waals surface area contributed by atoms with E-state index in [2.05, 4.69) is 20.7 Å². The van der Waals surface area contributed by atoms with Crippen molar-refractivity contribution in [3.05, 3.63) is 63.6 Å². The summed E-state index contributed by atoms with van der Waals surface area (Å²) in [5.41, 5.74) is 1.17. The molecule has 1 aliphatic carbocycles. The van der Waals surface area contributed by atoms with Gasteiger partial charge in [-0.3, -0.25) is 0 Å². The average Bonchev–Trinajstić information content (AvgIpc) is 3.21. The van der Waals surface area contributed by atoms with Crippen LogP contribution in [0.2, 0.25) is 5.02 Å². The molecule has 2 aromatic rings. The zero-order valence-corrected chi connectivity index (χ0v) is 14.1. The third-order valence-electron chi connectivity index (χ3n) is 3.53. The van der Waals surface area contributed by atoms with E-state index in [1.165, 1.54) is 17.7 Å². The fourth-order valence-corrected chi connectivity index (χ4v) is 4.27. The Morgan fingerprint density at radius 2 is 1.86 bits per heavy atom. The van der Waals surface area contributed by atoms with Gasteiger partial charge in [-0.1, -0.05) is 41.9 Å². The smallest absolute Gasteiger partial charge is 0.207 e. The third kappa shape index (κ3) is 3.31. The molecule has 6 heteroatoms. The number of rotatable bonds is 4. The van der Waals surface area contributed by atoms with Gasteiger partial charge in [-0.25, -0.2) is 13.1 Å². The standard InChI is InChI=1S/C15H13BrClNO2S/c16-13-8-11(6-7-14(13)17)21(19,20)18-15-9-12(15)10-4-2-1-3-5-10/h1-8,12,15,18H,9H2. The highest BCUT2D eigenvalue weighted by atomic mass is 79.9. The van der Waals surface area contributed by atoms with Crippen LogP contribution < -0.4 is 4.72 Å². The van der Waals surface area contributed by atoms with Gasteiger partial charge >= 0.3 is 0 Å². The van der Waals surface area contributed by atoms with Crippen LogP contribution in [0.15, 0.2) is 57.9 Å². The van der Waals surface area contributed by atoms with Crippen molar-refractivity contribution in [2.75, 3.05) is 0 Å². The molecule has 0 bridgehead atoms. The van der Waals surface area contributed by atoms with E-state index >= 15 is 0 Å². The summed E-state index contributed by atoms with van der Waals surface area (Å²) in [6, 6.07) is 14.5. The molecule has 0 saturated heterocycles. The number of sulfonamides is 1. The predicted molar refractivity (Wildman–Crippen MR) is 87.1 cm³/mol. The van der Waals surface area contributed by atoms with Crippen molar-refractivity contribution >= 4 is 37.6 Å². The zero-order valence-electron chi connectivity index (χ0n) is 11.0. The maximum atomic E-state index is 12.3. The van der Waals surface area contributed by atoms with Gasteiger partial charge in [-0.2, -0.15) is 0 Å². The van der Waals surface area contributed by atoms with Crippen molar-refractivity contribution in [2.24, 2.45) is 0 Å². The fourth-order valence-electron chi connectivity index (χ4n) is 2.31. The van der Waals surface area contributed by atoms with Crippen LogP contribution in [0.5, 0.6) is 0 Å². The van der Waals surface area contributed by atoms with Crippen molar-refractivity contribution < 1.29 is 8.42 Å². The van der Waals surface area contributed by atoms with Crippen LogP contribution in [0.1, 0.15) is 17.9 Å². The lowest BCUT2D eigenvalue weighted by Gasteiger charge is -2.07. The third-order valence-corrected chi connectivity index (χ3v) is 6.23. The molecule has 21 heavy (non-hydrogen) atoms. The molecule has 2 unspecified atom stereocenters. The Hall–Kier alpha value is -0.880. The molecule has 0 radical (unpaired) electrons. The van der Waals surface area contributed by atoms with Crippen LogP contribution in [0.3, 0.4) is 0 Å². The van der Waals surface area contributed by atoms with E-state index in [1.807, 2.05) is 30.3 Å². The molecule has 1 fully saturated rings.